The van der Waals surface area contributed by atoms with Gasteiger partial charge >= 0.3 is 11.8 Å². The second kappa shape index (κ2) is 7.71. The summed E-state index contributed by atoms with van der Waals surface area (Å²) in [5.74, 6) is -0.762. The van der Waals surface area contributed by atoms with Crippen molar-refractivity contribution in [2.24, 2.45) is 0 Å². The van der Waals surface area contributed by atoms with Crippen LogP contribution in [0.5, 0.6) is 5.75 Å². The van der Waals surface area contributed by atoms with Crippen molar-refractivity contribution in [3.8, 4) is 5.75 Å². The molecule has 5 nitrogen and oxygen atoms in total. The first-order valence-corrected chi connectivity index (χ1v) is 5.71. The quantitative estimate of drug-likeness (QED) is 0.601. The van der Waals surface area contributed by atoms with E-state index in [9.17, 15) is 9.59 Å². The van der Waals surface area contributed by atoms with E-state index in [0.717, 1.165) is 0 Å². The SMILES string of the molecule is C=CCNC(=O)C(=O)Nc1ccc(OCC=C)cc1. The van der Waals surface area contributed by atoms with E-state index in [1.54, 1.807) is 30.3 Å². The molecule has 0 aliphatic rings. The van der Waals surface area contributed by atoms with Crippen LogP contribution < -0.4 is 15.4 Å². The summed E-state index contributed by atoms with van der Waals surface area (Å²) in [5, 5.41) is 4.86. The average Bonchev–Trinajstić information content (AvgIpc) is 2.43. The third-order valence-corrected chi connectivity index (χ3v) is 2.09. The van der Waals surface area contributed by atoms with Crippen LogP contribution in [0.2, 0.25) is 0 Å². The maximum absolute atomic E-state index is 11.5. The number of carbonyl (C=O) groups is 2. The summed E-state index contributed by atoms with van der Waals surface area (Å²) in [5.41, 5.74) is 0.518. The van der Waals surface area contributed by atoms with Gasteiger partial charge in [-0.05, 0) is 24.3 Å². The Morgan fingerprint density at radius 1 is 1.11 bits per heavy atom. The first-order chi connectivity index (χ1) is 9.17. The smallest absolute Gasteiger partial charge is 0.313 e. The van der Waals surface area contributed by atoms with E-state index in [2.05, 4.69) is 23.8 Å². The third kappa shape index (κ3) is 5.08. The Balaban J connectivity index is 2.52. The van der Waals surface area contributed by atoms with Gasteiger partial charge in [-0.2, -0.15) is 0 Å². The number of nitrogens with one attached hydrogen (secondary N) is 2. The van der Waals surface area contributed by atoms with Gasteiger partial charge in [-0.3, -0.25) is 9.59 Å². The van der Waals surface area contributed by atoms with Crippen molar-refractivity contribution in [1.82, 2.24) is 5.32 Å². The second-order valence-corrected chi connectivity index (χ2v) is 3.58. The molecule has 0 atom stereocenters. The van der Waals surface area contributed by atoms with Gasteiger partial charge in [0.2, 0.25) is 0 Å². The normalized spacial score (nSPS) is 9.26. The number of ether oxygens (including phenoxy) is 1. The Kier molecular flexibility index (Phi) is 5.88. The summed E-state index contributed by atoms with van der Waals surface area (Å²) in [6.07, 6.45) is 3.14. The summed E-state index contributed by atoms with van der Waals surface area (Å²) < 4.78 is 5.29. The van der Waals surface area contributed by atoms with Crippen LogP contribution in [-0.2, 0) is 9.59 Å². The molecular formula is C14H16N2O3. The van der Waals surface area contributed by atoms with Crippen LogP contribution in [0.4, 0.5) is 5.69 Å². The second-order valence-electron chi connectivity index (χ2n) is 3.58. The first-order valence-electron chi connectivity index (χ1n) is 5.71. The molecule has 5 heteroatoms. The van der Waals surface area contributed by atoms with Gasteiger partial charge < -0.3 is 15.4 Å². The highest BCUT2D eigenvalue weighted by Crippen LogP contribution is 2.15. The van der Waals surface area contributed by atoms with E-state index in [4.69, 9.17) is 4.74 Å². The summed E-state index contributed by atoms with van der Waals surface area (Å²) in [7, 11) is 0. The molecule has 0 spiro atoms. The van der Waals surface area contributed by atoms with Crippen molar-refractivity contribution >= 4 is 17.5 Å². The van der Waals surface area contributed by atoms with Crippen LogP contribution in [0, 0.1) is 0 Å². The molecule has 2 amide bonds. The largest absolute Gasteiger partial charge is 0.490 e. The van der Waals surface area contributed by atoms with Gasteiger partial charge in [-0.15, -0.1) is 6.58 Å². The zero-order valence-electron chi connectivity index (χ0n) is 10.5. The Morgan fingerprint density at radius 3 is 2.37 bits per heavy atom. The lowest BCUT2D eigenvalue weighted by Crippen LogP contribution is -2.35. The van der Waals surface area contributed by atoms with Crippen molar-refractivity contribution in [2.45, 2.75) is 0 Å². The Morgan fingerprint density at radius 2 is 1.79 bits per heavy atom. The minimum Gasteiger partial charge on any atom is -0.490 e. The van der Waals surface area contributed by atoms with E-state index < -0.39 is 11.8 Å². The molecule has 0 aliphatic carbocycles. The van der Waals surface area contributed by atoms with Crippen LogP contribution in [0.15, 0.2) is 49.6 Å². The van der Waals surface area contributed by atoms with Crippen LogP contribution in [0.1, 0.15) is 0 Å². The van der Waals surface area contributed by atoms with E-state index in [0.29, 0.717) is 18.0 Å². The lowest BCUT2D eigenvalue weighted by Gasteiger charge is -2.07. The molecule has 0 aromatic heterocycles. The number of hydrogen-bond acceptors (Lipinski definition) is 3. The van der Waals surface area contributed by atoms with E-state index >= 15 is 0 Å². The monoisotopic (exact) mass is 260 g/mol. The molecule has 1 aromatic carbocycles. The molecule has 0 bridgehead atoms. The molecule has 1 rings (SSSR count). The highest BCUT2D eigenvalue weighted by atomic mass is 16.5. The lowest BCUT2D eigenvalue weighted by atomic mass is 10.3. The van der Waals surface area contributed by atoms with E-state index in [-0.39, 0.29) is 6.54 Å². The average molecular weight is 260 g/mol. The zero-order chi connectivity index (χ0) is 14.1. The van der Waals surface area contributed by atoms with Gasteiger partial charge in [0.25, 0.3) is 0 Å². The number of benzene rings is 1. The van der Waals surface area contributed by atoms with Crippen LogP contribution in [0.3, 0.4) is 0 Å². The molecule has 0 saturated heterocycles. The number of rotatable bonds is 6. The molecule has 2 N–H and O–H groups in total. The van der Waals surface area contributed by atoms with E-state index in [1.807, 2.05) is 0 Å². The standard InChI is InChI=1S/C14H16N2O3/c1-3-9-15-13(17)14(18)16-11-5-7-12(8-6-11)19-10-4-2/h3-8H,1-2,9-10H2,(H,15,17)(H,16,18). The fourth-order valence-electron chi connectivity index (χ4n) is 1.22. The maximum Gasteiger partial charge on any atom is 0.313 e. The van der Waals surface area contributed by atoms with Crippen molar-refractivity contribution in [3.05, 3.63) is 49.6 Å². The molecule has 0 fully saturated rings. The van der Waals surface area contributed by atoms with Crippen molar-refractivity contribution in [1.29, 1.82) is 0 Å². The highest BCUT2D eigenvalue weighted by molar-refractivity contribution is 6.39. The molecule has 1 aromatic rings. The Labute approximate surface area is 112 Å². The fourth-order valence-corrected chi connectivity index (χ4v) is 1.22. The fraction of sp³-hybridized carbons (Fsp3) is 0.143. The molecule has 0 aliphatic heterocycles. The number of hydrogen-bond donors (Lipinski definition) is 2. The summed E-state index contributed by atoms with van der Waals surface area (Å²) in [4.78, 5) is 22.8. The van der Waals surface area contributed by atoms with Crippen molar-refractivity contribution in [2.75, 3.05) is 18.5 Å². The highest BCUT2D eigenvalue weighted by Gasteiger charge is 2.12. The third-order valence-electron chi connectivity index (χ3n) is 2.09. The predicted octanol–water partition coefficient (Wildman–Crippen LogP) is 1.49. The molecule has 0 heterocycles. The predicted molar refractivity (Wildman–Crippen MR) is 74.0 cm³/mol. The van der Waals surface area contributed by atoms with Gasteiger partial charge in [0.1, 0.15) is 12.4 Å². The number of amides is 2. The molecule has 0 saturated carbocycles. The van der Waals surface area contributed by atoms with Gasteiger partial charge in [-0.1, -0.05) is 18.7 Å². The zero-order valence-corrected chi connectivity index (χ0v) is 10.5. The topological polar surface area (TPSA) is 67.4 Å². The molecular weight excluding hydrogens is 244 g/mol. The van der Waals surface area contributed by atoms with Crippen LogP contribution >= 0.6 is 0 Å². The summed E-state index contributed by atoms with van der Waals surface area (Å²) >= 11 is 0. The van der Waals surface area contributed by atoms with Crippen LogP contribution in [0.25, 0.3) is 0 Å². The van der Waals surface area contributed by atoms with Crippen molar-refractivity contribution in [3.63, 3.8) is 0 Å². The Hall–Kier alpha value is -2.56. The summed E-state index contributed by atoms with van der Waals surface area (Å²) in [6.45, 7) is 7.65. The Bertz CT molecular complexity index is 466. The lowest BCUT2D eigenvalue weighted by molar-refractivity contribution is -0.136. The van der Waals surface area contributed by atoms with Crippen LogP contribution in [-0.4, -0.2) is 25.0 Å². The minimum atomic E-state index is -0.721. The van der Waals surface area contributed by atoms with Gasteiger partial charge in [-0.25, -0.2) is 0 Å². The first kappa shape index (κ1) is 14.5. The minimum absolute atomic E-state index is 0.251. The molecule has 19 heavy (non-hydrogen) atoms. The van der Waals surface area contributed by atoms with E-state index in [1.165, 1.54) is 6.08 Å². The maximum atomic E-state index is 11.5. The summed E-state index contributed by atoms with van der Waals surface area (Å²) in [6, 6.07) is 6.69. The molecule has 0 unspecified atom stereocenters. The van der Waals surface area contributed by atoms with Gasteiger partial charge in [0.15, 0.2) is 0 Å². The van der Waals surface area contributed by atoms with Crippen molar-refractivity contribution < 1.29 is 14.3 Å². The number of carbonyl (C=O) groups excluding carboxylic acids is 2. The van der Waals surface area contributed by atoms with Gasteiger partial charge in [0, 0.05) is 12.2 Å². The molecule has 0 radical (unpaired) electrons. The molecule has 100 valence electrons. The van der Waals surface area contributed by atoms with Gasteiger partial charge in [0.05, 0.1) is 0 Å². The number of anilines is 1.